The molecule has 0 saturated heterocycles. The quantitative estimate of drug-likeness (QED) is 0.358. The zero-order chi connectivity index (χ0) is 23.2. The Hall–Kier alpha value is -3.14. The molecule has 0 amide bonds. The Kier molecular flexibility index (Phi) is 5.81. The zero-order valence-electron chi connectivity index (χ0n) is 20.5. The monoisotopic (exact) mass is 425 g/mol. The van der Waals surface area contributed by atoms with Gasteiger partial charge in [0.15, 0.2) is 5.82 Å². The third-order valence-corrected chi connectivity index (χ3v) is 6.25. The molecule has 0 fully saturated rings. The van der Waals surface area contributed by atoms with Crippen LogP contribution in [0.5, 0.6) is 0 Å². The molecule has 0 spiro atoms. The van der Waals surface area contributed by atoms with E-state index in [4.69, 9.17) is 15.0 Å². The Balaban J connectivity index is 1.95. The maximum Gasteiger partial charge on any atom is 0.213 e. The molecule has 0 atom stereocenters. The zero-order valence-corrected chi connectivity index (χ0v) is 20.5. The van der Waals surface area contributed by atoms with E-state index >= 15 is 0 Å². The van der Waals surface area contributed by atoms with E-state index < -0.39 is 0 Å². The summed E-state index contributed by atoms with van der Waals surface area (Å²) >= 11 is 0. The highest BCUT2D eigenvalue weighted by Gasteiger charge is 2.21. The van der Waals surface area contributed by atoms with Crippen LogP contribution in [0.3, 0.4) is 0 Å². The molecule has 0 N–H and O–H groups in total. The first-order chi connectivity index (χ1) is 15.2. The maximum absolute atomic E-state index is 4.85. The number of benzene rings is 2. The average Bonchev–Trinajstić information content (AvgIpc) is 2.76. The number of rotatable bonds is 4. The van der Waals surface area contributed by atoms with E-state index in [2.05, 4.69) is 103 Å². The normalized spacial score (nSPS) is 11.7. The Morgan fingerprint density at radius 2 is 1.41 bits per heavy atom. The third-order valence-electron chi connectivity index (χ3n) is 6.25. The standard InChI is InChI=1S/C28H33N4/c1-16(2)26-29-27(17(3)4)31-28(30-26)22-10-9-11-24-21(22)12-13-25(32(24)8)23-15-18(5)14-19(6)20(23)7/h9-17H,1-8H3/q+1. The van der Waals surface area contributed by atoms with Crippen molar-refractivity contribution in [3.63, 3.8) is 0 Å². The second kappa shape index (κ2) is 8.42. The van der Waals surface area contributed by atoms with Gasteiger partial charge in [0.2, 0.25) is 11.2 Å². The summed E-state index contributed by atoms with van der Waals surface area (Å²) in [6, 6.07) is 15.4. The molecule has 4 nitrogen and oxygen atoms in total. The van der Waals surface area contributed by atoms with E-state index in [-0.39, 0.29) is 11.8 Å². The van der Waals surface area contributed by atoms with Crippen LogP contribution in [0.25, 0.3) is 33.5 Å². The molecule has 4 heteroatoms. The van der Waals surface area contributed by atoms with Crippen LogP contribution in [0, 0.1) is 20.8 Å². The second-order valence-corrected chi connectivity index (χ2v) is 9.46. The minimum Gasteiger partial charge on any atom is -0.217 e. The van der Waals surface area contributed by atoms with Crippen LogP contribution in [0.2, 0.25) is 0 Å². The molecule has 4 aromatic rings. The van der Waals surface area contributed by atoms with Gasteiger partial charge in [0.25, 0.3) is 0 Å². The van der Waals surface area contributed by atoms with Crippen molar-refractivity contribution in [2.24, 2.45) is 7.05 Å². The molecule has 0 bridgehead atoms. The Morgan fingerprint density at radius 3 is 2.03 bits per heavy atom. The third kappa shape index (κ3) is 3.90. The molecule has 2 aromatic heterocycles. The second-order valence-electron chi connectivity index (χ2n) is 9.46. The summed E-state index contributed by atoms with van der Waals surface area (Å²) in [5.41, 5.74) is 8.62. The highest BCUT2D eigenvalue weighted by Crippen LogP contribution is 2.30. The van der Waals surface area contributed by atoms with Gasteiger partial charge in [-0.25, -0.2) is 15.0 Å². The summed E-state index contributed by atoms with van der Waals surface area (Å²) in [6.45, 7) is 15.1. The first kappa shape index (κ1) is 22.1. The molecule has 2 heterocycles. The van der Waals surface area contributed by atoms with Gasteiger partial charge < -0.3 is 0 Å². The predicted molar refractivity (Wildman–Crippen MR) is 132 cm³/mol. The molecular weight excluding hydrogens is 392 g/mol. The van der Waals surface area contributed by atoms with E-state index in [0.29, 0.717) is 0 Å². The van der Waals surface area contributed by atoms with E-state index in [1.165, 1.54) is 27.9 Å². The van der Waals surface area contributed by atoms with Gasteiger partial charge in [0.1, 0.15) is 18.7 Å². The molecule has 0 aliphatic carbocycles. The molecule has 32 heavy (non-hydrogen) atoms. The number of nitrogens with zero attached hydrogens (tertiary/aromatic N) is 4. The van der Waals surface area contributed by atoms with Crippen LogP contribution in [-0.4, -0.2) is 15.0 Å². The molecule has 0 unspecified atom stereocenters. The van der Waals surface area contributed by atoms with Crippen molar-refractivity contribution in [3.8, 4) is 22.6 Å². The molecular formula is C28H33N4+. The summed E-state index contributed by atoms with van der Waals surface area (Å²) < 4.78 is 2.29. The van der Waals surface area contributed by atoms with Crippen molar-refractivity contribution in [1.29, 1.82) is 0 Å². The number of fused-ring (bicyclic) bond motifs is 1. The largest absolute Gasteiger partial charge is 0.217 e. The fourth-order valence-electron chi connectivity index (χ4n) is 4.24. The Labute approximate surface area is 191 Å². The van der Waals surface area contributed by atoms with Gasteiger partial charge in [-0.3, -0.25) is 0 Å². The lowest BCUT2D eigenvalue weighted by atomic mass is 9.96. The van der Waals surface area contributed by atoms with Crippen LogP contribution in [0.1, 0.15) is 67.9 Å². The molecule has 2 aromatic carbocycles. The van der Waals surface area contributed by atoms with Crippen LogP contribution < -0.4 is 4.57 Å². The lowest BCUT2D eigenvalue weighted by Crippen LogP contribution is -2.32. The summed E-state index contributed by atoms with van der Waals surface area (Å²) in [5.74, 6) is 2.96. The van der Waals surface area contributed by atoms with E-state index in [1.54, 1.807) is 0 Å². The minimum absolute atomic E-state index is 0.250. The Morgan fingerprint density at radius 1 is 0.750 bits per heavy atom. The molecule has 0 radical (unpaired) electrons. The van der Waals surface area contributed by atoms with Gasteiger partial charge in [0.05, 0.1) is 5.39 Å². The summed E-state index contributed by atoms with van der Waals surface area (Å²) in [6.07, 6.45) is 0. The molecule has 0 aliphatic heterocycles. The van der Waals surface area contributed by atoms with Crippen molar-refractivity contribution in [2.45, 2.75) is 60.3 Å². The molecule has 4 rings (SSSR count). The predicted octanol–water partition coefficient (Wildman–Crippen LogP) is 6.36. The molecule has 0 aliphatic rings. The van der Waals surface area contributed by atoms with Gasteiger partial charge in [0, 0.05) is 35.1 Å². The highest BCUT2D eigenvalue weighted by atomic mass is 15.0. The van der Waals surface area contributed by atoms with Gasteiger partial charge in [-0.1, -0.05) is 51.5 Å². The lowest BCUT2D eigenvalue weighted by Gasteiger charge is -2.13. The SMILES string of the molecule is Cc1cc(C)c(C)c(-c2ccc3c(-c4nc(C(C)C)nc(C(C)C)n4)cccc3[n+]2C)c1. The average molecular weight is 426 g/mol. The number of aromatic nitrogens is 4. The molecule has 0 saturated carbocycles. The first-order valence-corrected chi connectivity index (χ1v) is 11.4. The van der Waals surface area contributed by atoms with Crippen LogP contribution in [0.4, 0.5) is 0 Å². The minimum atomic E-state index is 0.250. The van der Waals surface area contributed by atoms with Crippen molar-refractivity contribution in [1.82, 2.24) is 15.0 Å². The lowest BCUT2D eigenvalue weighted by molar-refractivity contribution is -0.633. The van der Waals surface area contributed by atoms with Crippen LogP contribution in [0.15, 0.2) is 42.5 Å². The van der Waals surface area contributed by atoms with Crippen molar-refractivity contribution < 1.29 is 4.57 Å². The number of pyridine rings is 1. The molecule has 164 valence electrons. The van der Waals surface area contributed by atoms with E-state index in [9.17, 15) is 0 Å². The maximum atomic E-state index is 4.85. The van der Waals surface area contributed by atoms with Crippen molar-refractivity contribution >= 4 is 10.9 Å². The van der Waals surface area contributed by atoms with Gasteiger partial charge in [-0.2, -0.15) is 4.57 Å². The first-order valence-electron chi connectivity index (χ1n) is 11.4. The number of hydrogen-bond donors (Lipinski definition) is 0. The van der Waals surface area contributed by atoms with Gasteiger partial charge in [-0.05, 0) is 44.0 Å². The Bertz CT molecular complexity index is 1290. The van der Waals surface area contributed by atoms with Crippen LogP contribution in [-0.2, 0) is 7.05 Å². The van der Waals surface area contributed by atoms with Gasteiger partial charge in [-0.15, -0.1) is 0 Å². The smallest absolute Gasteiger partial charge is 0.213 e. The van der Waals surface area contributed by atoms with Gasteiger partial charge >= 0.3 is 0 Å². The topological polar surface area (TPSA) is 42.6 Å². The number of aryl methyl sites for hydroxylation is 3. The highest BCUT2D eigenvalue weighted by molar-refractivity contribution is 5.92. The summed E-state index contributed by atoms with van der Waals surface area (Å²) in [7, 11) is 2.14. The summed E-state index contributed by atoms with van der Waals surface area (Å²) in [5, 5.41) is 1.15. The van der Waals surface area contributed by atoms with E-state index in [0.717, 1.165) is 33.9 Å². The number of hydrogen-bond acceptors (Lipinski definition) is 3. The van der Waals surface area contributed by atoms with Crippen molar-refractivity contribution in [3.05, 3.63) is 70.8 Å². The van der Waals surface area contributed by atoms with Crippen LogP contribution >= 0.6 is 0 Å². The fraction of sp³-hybridized carbons (Fsp3) is 0.357. The fourth-order valence-corrected chi connectivity index (χ4v) is 4.24. The summed E-state index contributed by atoms with van der Waals surface area (Å²) in [4.78, 5) is 14.4. The van der Waals surface area contributed by atoms with E-state index in [1.807, 2.05) is 0 Å². The van der Waals surface area contributed by atoms with Crippen molar-refractivity contribution in [2.75, 3.05) is 0 Å².